The zero-order chi connectivity index (χ0) is 13.3. The predicted molar refractivity (Wildman–Crippen MR) is 61.3 cm³/mol. The highest BCUT2D eigenvalue weighted by Crippen LogP contribution is 2.19. The Labute approximate surface area is 104 Å². The molecule has 2 N–H and O–H groups in total. The van der Waals surface area contributed by atoms with Crippen molar-refractivity contribution in [3.8, 4) is 0 Å². The standard InChI is InChI=1S/C10H14N2O5S/c1-18(15,16)10-11-7(8(12-10)9(13)14)5-6-3-2-4-17-6/h6H,2-5H2,1H3,(H,11,12)(H,13,14). The van der Waals surface area contributed by atoms with E-state index in [1.165, 1.54) is 0 Å². The molecule has 1 aliphatic rings. The largest absolute Gasteiger partial charge is 0.476 e. The third-order valence-electron chi connectivity index (χ3n) is 2.77. The number of hydrogen-bond acceptors (Lipinski definition) is 5. The quantitative estimate of drug-likeness (QED) is 0.813. The predicted octanol–water partition coefficient (Wildman–Crippen LogP) is 0.233. The van der Waals surface area contributed by atoms with Gasteiger partial charge < -0.3 is 14.8 Å². The first-order chi connectivity index (χ1) is 8.38. The first-order valence-electron chi connectivity index (χ1n) is 5.52. The molecular formula is C10H14N2O5S. The molecule has 1 aliphatic heterocycles. The fourth-order valence-corrected chi connectivity index (χ4v) is 2.48. The monoisotopic (exact) mass is 274 g/mol. The zero-order valence-corrected chi connectivity index (χ0v) is 10.7. The summed E-state index contributed by atoms with van der Waals surface area (Å²) in [6.45, 7) is 0.653. The molecule has 0 radical (unpaired) electrons. The number of hydrogen-bond donors (Lipinski definition) is 2. The van der Waals surface area contributed by atoms with Gasteiger partial charge in [0.15, 0.2) is 5.69 Å². The molecule has 18 heavy (non-hydrogen) atoms. The van der Waals surface area contributed by atoms with E-state index in [1.807, 2.05) is 0 Å². The van der Waals surface area contributed by atoms with Crippen LogP contribution < -0.4 is 0 Å². The van der Waals surface area contributed by atoms with Crippen molar-refractivity contribution in [2.45, 2.75) is 30.5 Å². The van der Waals surface area contributed by atoms with Gasteiger partial charge in [0, 0.05) is 19.3 Å². The number of carboxylic acids is 1. The number of carboxylic acid groups (broad SMARTS) is 1. The highest BCUT2D eigenvalue weighted by atomic mass is 32.2. The molecule has 0 aliphatic carbocycles. The lowest BCUT2D eigenvalue weighted by Crippen LogP contribution is -2.12. The van der Waals surface area contributed by atoms with E-state index in [1.54, 1.807) is 0 Å². The number of H-pyrrole nitrogens is 1. The fourth-order valence-electron chi connectivity index (χ4n) is 1.92. The van der Waals surface area contributed by atoms with Crippen molar-refractivity contribution in [3.63, 3.8) is 0 Å². The molecule has 0 bridgehead atoms. The zero-order valence-electron chi connectivity index (χ0n) is 9.84. The van der Waals surface area contributed by atoms with Gasteiger partial charge in [-0.1, -0.05) is 0 Å². The van der Waals surface area contributed by atoms with Crippen LogP contribution in [0.3, 0.4) is 0 Å². The summed E-state index contributed by atoms with van der Waals surface area (Å²) in [6.07, 6.45) is 3.01. The number of aromatic amines is 1. The second-order valence-electron chi connectivity index (χ2n) is 4.29. The number of rotatable bonds is 4. The summed E-state index contributed by atoms with van der Waals surface area (Å²) < 4.78 is 28.1. The van der Waals surface area contributed by atoms with Crippen molar-refractivity contribution in [2.75, 3.05) is 12.9 Å². The summed E-state index contributed by atoms with van der Waals surface area (Å²) in [5.74, 6) is -1.24. The smallest absolute Gasteiger partial charge is 0.356 e. The minimum atomic E-state index is -3.54. The third-order valence-corrected chi connectivity index (χ3v) is 3.66. The Kier molecular flexibility index (Phi) is 3.40. The highest BCUT2D eigenvalue weighted by Gasteiger charge is 2.25. The second kappa shape index (κ2) is 4.69. The van der Waals surface area contributed by atoms with Gasteiger partial charge in [-0.2, -0.15) is 0 Å². The van der Waals surface area contributed by atoms with Gasteiger partial charge in [-0.15, -0.1) is 0 Å². The van der Waals surface area contributed by atoms with E-state index in [0.717, 1.165) is 19.1 Å². The minimum absolute atomic E-state index is 0.0732. The molecule has 1 fully saturated rings. The van der Waals surface area contributed by atoms with Crippen LogP contribution in [0.25, 0.3) is 0 Å². The van der Waals surface area contributed by atoms with E-state index in [2.05, 4.69) is 9.97 Å². The van der Waals surface area contributed by atoms with Crippen LogP contribution >= 0.6 is 0 Å². The summed E-state index contributed by atoms with van der Waals surface area (Å²) in [5, 5.41) is 8.69. The molecule has 100 valence electrons. The third kappa shape index (κ3) is 2.70. The first-order valence-corrected chi connectivity index (χ1v) is 7.41. The second-order valence-corrected chi connectivity index (χ2v) is 6.22. The van der Waals surface area contributed by atoms with Gasteiger partial charge in [0.1, 0.15) is 0 Å². The van der Waals surface area contributed by atoms with Crippen LogP contribution in [-0.2, 0) is 21.0 Å². The van der Waals surface area contributed by atoms with E-state index in [-0.39, 0.29) is 17.0 Å². The fraction of sp³-hybridized carbons (Fsp3) is 0.600. The van der Waals surface area contributed by atoms with Crippen molar-refractivity contribution in [1.29, 1.82) is 0 Å². The van der Waals surface area contributed by atoms with Crippen LogP contribution in [0.1, 0.15) is 29.0 Å². The summed E-state index contributed by atoms with van der Waals surface area (Å²) in [6, 6.07) is 0. The number of sulfone groups is 1. The normalized spacial score (nSPS) is 20.2. The molecule has 0 saturated carbocycles. The van der Waals surface area contributed by atoms with Crippen molar-refractivity contribution >= 4 is 15.8 Å². The molecule has 1 saturated heterocycles. The summed E-state index contributed by atoms with van der Waals surface area (Å²) >= 11 is 0. The Bertz CT molecular complexity index is 557. The molecule has 0 aromatic carbocycles. The Hall–Kier alpha value is -1.41. The maximum absolute atomic E-state index is 11.3. The van der Waals surface area contributed by atoms with E-state index in [4.69, 9.17) is 9.84 Å². The molecule has 8 heteroatoms. The minimum Gasteiger partial charge on any atom is -0.476 e. The molecule has 1 aromatic heterocycles. The highest BCUT2D eigenvalue weighted by molar-refractivity contribution is 7.90. The maximum Gasteiger partial charge on any atom is 0.356 e. The van der Waals surface area contributed by atoms with E-state index in [0.29, 0.717) is 18.7 Å². The number of nitrogens with zero attached hydrogens (tertiary/aromatic N) is 1. The van der Waals surface area contributed by atoms with Gasteiger partial charge in [-0.25, -0.2) is 18.2 Å². The SMILES string of the molecule is CS(=O)(=O)c1nc(C(=O)O)c(CC2CCCO2)[nH]1. The van der Waals surface area contributed by atoms with Gasteiger partial charge in [-0.05, 0) is 12.8 Å². The van der Waals surface area contributed by atoms with Gasteiger partial charge in [-0.3, -0.25) is 0 Å². The van der Waals surface area contributed by atoms with Crippen LogP contribution in [-0.4, -0.2) is 48.4 Å². The molecule has 0 amide bonds. The summed E-state index contributed by atoms with van der Waals surface area (Å²) in [7, 11) is -3.54. The average Bonchev–Trinajstić information content (AvgIpc) is 2.85. The summed E-state index contributed by atoms with van der Waals surface area (Å²) in [5.41, 5.74) is 0.0563. The Morgan fingerprint density at radius 1 is 1.61 bits per heavy atom. The molecule has 2 rings (SSSR count). The number of nitrogens with one attached hydrogen (secondary N) is 1. The van der Waals surface area contributed by atoms with Crippen LogP contribution in [0, 0.1) is 0 Å². The lowest BCUT2D eigenvalue weighted by atomic mass is 10.1. The number of imidazole rings is 1. The molecular weight excluding hydrogens is 260 g/mol. The molecule has 1 aromatic rings. The van der Waals surface area contributed by atoms with Crippen molar-refractivity contribution < 1.29 is 23.1 Å². The number of aromatic carboxylic acids is 1. The maximum atomic E-state index is 11.3. The number of carbonyl (C=O) groups is 1. The van der Waals surface area contributed by atoms with Crippen LogP contribution in [0.5, 0.6) is 0 Å². The van der Waals surface area contributed by atoms with Gasteiger partial charge >= 0.3 is 5.97 Å². The molecule has 7 nitrogen and oxygen atoms in total. The van der Waals surface area contributed by atoms with E-state index in [9.17, 15) is 13.2 Å². The average molecular weight is 274 g/mol. The van der Waals surface area contributed by atoms with E-state index < -0.39 is 15.8 Å². The summed E-state index contributed by atoms with van der Waals surface area (Å²) in [4.78, 5) is 17.2. The van der Waals surface area contributed by atoms with Crippen LogP contribution in [0.4, 0.5) is 0 Å². The first kappa shape index (κ1) is 13.0. The van der Waals surface area contributed by atoms with Crippen molar-refractivity contribution in [3.05, 3.63) is 11.4 Å². The lowest BCUT2D eigenvalue weighted by molar-refractivity contribution is 0.0687. The van der Waals surface area contributed by atoms with Gasteiger partial charge in [0.25, 0.3) is 0 Å². The van der Waals surface area contributed by atoms with Crippen molar-refractivity contribution in [2.24, 2.45) is 0 Å². The van der Waals surface area contributed by atoms with Crippen molar-refractivity contribution in [1.82, 2.24) is 9.97 Å². The van der Waals surface area contributed by atoms with E-state index >= 15 is 0 Å². The topological polar surface area (TPSA) is 109 Å². The Morgan fingerprint density at radius 2 is 2.33 bits per heavy atom. The lowest BCUT2D eigenvalue weighted by Gasteiger charge is -2.07. The van der Waals surface area contributed by atoms with Gasteiger partial charge in [0.2, 0.25) is 15.0 Å². The molecule has 2 heterocycles. The Balaban J connectivity index is 2.32. The number of aromatic nitrogens is 2. The van der Waals surface area contributed by atoms with Crippen LogP contribution in [0.15, 0.2) is 5.16 Å². The van der Waals surface area contributed by atoms with Gasteiger partial charge in [0.05, 0.1) is 11.8 Å². The molecule has 1 atom stereocenters. The molecule has 1 unspecified atom stereocenters. The molecule has 0 spiro atoms. The number of ether oxygens (including phenoxy) is 1. The Morgan fingerprint density at radius 3 is 2.83 bits per heavy atom. The van der Waals surface area contributed by atoms with Crippen LogP contribution in [0.2, 0.25) is 0 Å².